The number of nitrogens with one attached hydrogen (secondary N) is 1. The minimum atomic E-state index is -0.0683. The van der Waals surface area contributed by atoms with Gasteiger partial charge < -0.3 is 10.2 Å². The summed E-state index contributed by atoms with van der Waals surface area (Å²) in [6.45, 7) is 3.58. The summed E-state index contributed by atoms with van der Waals surface area (Å²) in [5.74, 6) is 0.460. The molecule has 0 aliphatic heterocycles. The Bertz CT molecular complexity index is 153. The zero-order valence-electron chi connectivity index (χ0n) is 8.64. The van der Waals surface area contributed by atoms with E-state index in [2.05, 4.69) is 5.32 Å². The summed E-state index contributed by atoms with van der Waals surface area (Å²) in [6.07, 6.45) is 0.980. The lowest BCUT2D eigenvalue weighted by Gasteiger charge is -2.19. The fourth-order valence-electron chi connectivity index (χ4n) is 1.05. The second kappa shape index (κ2) is 7.15. The molecule has 0 aliphatic carbocycles. The molecule has 0 saturated carbocycles. The van der Waals surface area contributed by atoms with Crippen LogP contribution in [0.25, 0.3) is 0 Å². The van der Waals surface area contributed by atoms with Crippen LogP contribution in [-0.4, -0.2) is 43.9 Å². The Kier molecular flexibility index (Phi) is 7.00. The molecule has 0 fully saturated rings. The molecule has 0 aliphatic rings. The van der Waals surface area contributed by atoms with Crippen LogP contribution in [-0.2, 0) is 4.79 Å². The number of amides is 1. The lowest BCUT2D eigenvalue weighted by atomic mass is 10.2. The number of hydrogen-bond donors (Lipinski definition) is 1. The Labute approximate surface area is 85.4 Å². The molecule has 1 unspecified atom stereocenters. The van der Waals surface area contributed by atoms with Crippen molar-refractivity contribution in [2.45, 2.75) is 13.3 Å². The maximum Gasteiger partial charge on any atom is 0.226 e. The van der Waals surface area contributed by atoms with Gasteiger partial charge in [0.15, 0.2) is 0 Å². The Morgan fingerprint density at radius 2 is 2.23 bits per heavy atom. The summed E-state index contributed by atoms with van der Waals surface area (Å²) < 4.78 is 0. The van der Waals surface area contributed by atoms with Crippen LogP contribution in [0.3, 0.4) is 0 Å². The van der Waals surface area contributed by atoms with Gasteiger partial charge in [0.25, 0.3) is 0 Å². The van der Waals surface area contributed by atoms with Gasteiger partial charge in [0.05, 0.1) is 0 Å². The standard InChI is InChI=1S/C9H19ClN2O/c1-8(7-10)9(13)12(3)6-4-5-11-2/h8,11H,4-7H2,1-3H3. The molecule has 1 N–H and O–H groups in total. The zero-order valence-corrected chi connectivity index (χ0v) is 9.40. The van der Waals surface area contributed by atoms with E-state index in [9.17, 15) is 4.79 Å². The van der Waals surface area contributed by atoms with Crippen molar-refractivity contribution in [2.75, 3.05) is 33.1 Å². The summed E-state index contributed by atoms with van der Waals surface area (Å²) in [5, 5.41) is 3.04. The molecular weight excluding hydrogens is 188 g/mol. The Balaban J connectivity index is 3.69. The largest absolute Gasteiger partial charge is 0.345 e. The molecule has 0 aromatic rings. The van der Waals surface area contributed by atoms with Crippen molar-refractivity contribution in [3.05, 3.63) is 0 Å². The minimum Gasteiger partial charge on any atom is -0.345 e. The van der Waals surface area contributed by atoms with Gasteiger partial charge in [-0.15, -0.1) is 11.6 Å². The highest BCUT2D eigenvalue weighted by Gasteiger charge is 2.15. The monoisotopic (exact) mass is 206 g/mol. The molecule has 0 aromatic carbocycles. The van der Waals surface area contributed by atoms with Crippen molar-refractivity contribution in [2.24, 2.45) is 5.92 Å². The first-order valence-electron chi connectivity index (χ1n) is 4.59. The maximum absolute atomic E-state index is 11.5. The minimum absolute atomic E-state index is 0.0683. The third-order valence-electron chi connectivity index (χ3n) is 1.95. The SMILES string of the molecule is CNCCCN(C)C(=O)C(C)CCl. The highest BCUT2D eigenvalue weighted by Crippen LogP contribution is 2.03. The average Bonchev–Trinajstić information content (AvgIpc) is 2.15. The van der Waals surface area contributed by atoms with E-state index >= 15 is 0 Å². The van der Waals surface area contributed by atoms with Crippen LogP contribution in [0.5, 0.6) is 0 Å². The van der Waals surface area contributed by atoms with Gasteiger partial charge in [0, 0.05) is 25.4 Å². The molecule has 13 heavy (non-hydrogen) atoms. The Morgan fingerprint density at radius 3 is 2.69 bits per heavy atom. The average molecular weight is 207 g/mol. The van der Waals surface area contributed by atoms with Crippen molar-refractivity contribution in [1.29, 1.82) is 0 Å². The van der Waals surface area contributed by atoms with E-state index in [4.69, 9.17) is 11.6 Å². The second-order valence-electron chi connectivity index (χ2n) is 3.27. The number of carbonyl (C=O) groups is 1. The Hall–Kier alpha value is -0.280. The fraction of sp³-hybridized carbons (Fsp3) is 0.889. The Morgan fingerprint density at radius 1 is 1.62 bits per heavy atom. The zero-order chi connectivity index (χ0) is 10.3. The van der Waals surface area contributed by atoms with Crippen LogP contribution in [0.2, 0.25) is 0 Å². The molecule has 78 valence electrons. The lowest BCUT2D eigenvalue weighted by Crippen LogP contribution is -2.34. The molecule has 0 rings (SSSR count). The molecule has 0 spiro atoms. The first-order valence-corrected chi connectivity index (χ1v) is 5.12. The first-order chi connectivity index (χ1) is 6.13. The fourth-order valence-corrected chi connectivity index (χ4v) is 1.18. The number of rotatable bonds is 6. The van der Waals surface area contributed by atoms with Crippen LogP contribution in [0.1, 0.15) is 13.3 Å². The van der Waals surface area contributed by atoms with Crippen molar-refractivity contribution in [3.63, 3.8) is 0 Å². The van der Waals surface area contributed by atoms with Crippen molar-refractivity contribution >= 4 is 17.5 Å². The number of halogens is 1. The van der Waals surface area contributed by atoms with E-state index in [1.165, 1.54) is 0 Å². The second-order valence-corrected chi connectivity index (χ2v) is 3.58. The number of carbonyl (C=O) groups excluding carboxylic acids is 1. The summed E-state index contributed by atoms with van der Waals surface area (Å²) in [4.78, 5) is 13.2. The van der Waals surface area contributed by atoms with Crippen LogP contribution >= 0.6 is 11.6 Å². The van der Waals surface area contributed by atoms with E-state index in [0.29, 0.717) is 5.88 Å². The first kappa shape index (κ1) is 12.7. The number of nitrogens with zero attached hydrogens (tertiary/aromatic N) is 1. The maximum atomic E-state index is 11.5. The van der Waals surface area contributed by atoms with Gasteiger partial charge in [0.1, 0.15) is 0 Å². The summed E-state index contributed by atoms with van der Waals surface area (Å²) in [5.41, 5.74) is 0. The van der Waals surface area contributed by atoms with E-state index in [0.717, 1.165) is 19.5 Å². The third-order valence-corrected chi connectivity index (χ3v) is 2.41. The van der Waals surface area contributed by atoms with Gasteiger partial charge in [-0.25, -0.2) is 0 Å². The summed E-state index contributed by atoms with van der Waals surface area (Å²) in [7, 11) is 3.73. The summed E-state index contributed by atoms with van der Waals surface area (Å²) in [6, 6.07) is 0. The van der Waals surface area contributed by atoms with Gasteiger partial charge in [-0.1, -0.05) is 6.92 Å². The number of hydrogen-bond acceptors (Lipinski definition) is 2. The topological polar surface area (TPSA) is 32.3 Å². The normalized spacial score (nSPS) is 12.6. The molecule has 3 nitrogen and oxygen atoms in total. The van der Waals surface area contributed by atoms with Crippen LogP contribution in [0, 0.1) is 5.92 Å². The van der Waals surface area contributed by atoms with Crippen LogP contribution in [0.4, 0.5) is 0 Å². The molecular formula is C9H19ClN2O. The van der Waals surface area contributed by atoms with Crippen LogP contribution < -0.4 is 5.32 Å². The van der Waals surface area contributed by atoms with Gasteiger partial charge in [-0.05, 0) is 20.0 Å². The molecule has 4 heteroatoms. The molecule has 0 aromatic heterocycles. The van der Waals surface area contributed by atoms with Crippen molar-refractivity contribution < 1.29 is 4.79 Å². The summed E-state index contributed by atoms with van der Waals surface area (Å²) >= 11 is 5.59. The quantitative estimate of drug-likeness (QED) is 0.518. The number of alkyl halides is 1. The van der Waals surface area contributed by atoms with Gasteiger partial charge in [-0.3, -0.25) is 4.79 Å². The molecule has 0 radical (unpaired) electrons. The van der Waals surface area contributed by atoms with Crippen molar-refractivity contribution in [1.82, 2.24) is 10.2 Å². The molecule has 1 amide bonds. The van der Waals surface area contributed by atoms with Gasteiger partial charge >= 0.3 is 0 Å². The van der Waals surface area contributed by atoms with E-state index < -0.39 is 0 Å². The predicted octanol–water partition coefficient (Wildman–Crippen LogP) is 0.929. The van der Waals surface area contributed by atoms with E-state index in [-0.39, 0.29) is 11.8 Å². The van der Waals surface area contributed by atoms with Gasteiger partial charge in [0.2, 0.25) is 5.91 Å². The predicted molar refractivity (Wildman–Crippen MR) is 56.1 cm³/mol. The third kappa shape index (κ3) is 5.11. The molecule has 0 saturated heterocycles. The molecule has 0 heterocycles. The van der Waals surface area contributed by atoms with E-state index in [1.54, 1.807) is 4.90 Å². The highest BCUT2D eigenvalue weighted by molar-refractivity contribution is 6.19. The van der Waals surface area contributed by atoms with Crippen LogP contribution in [0.15, 0.2) is 0 Å². The molecule has 0 bridgehead atoms. The smallest absolute Gasteiger partial charge is 0.226 e. The van der Waals surface area contributed by atoms with E-state index in [1.807, 2.05) is 21.0 Å². The lowest BCUT2D eigenvalue weighted by molar-refractivity contribution is -0.133. The van der Waals surface area contributed by atoms with Gasteiger partial charge in [-0.2, -0.15) is 0 Å². The molecule has 1 atom stereocenters. The van der Waals surface area contributed by atoms with Crippen molar-refractivity contribution in [3.8, 4) is 0 Å². The highest BCUT2D eigenvalue weighted by atomic mass is 35.5.